The van der Waals surface area contributed by atoms with Crippen LogP contribution in [0.25, 0.3) is 0 Å². The second kappa shape index (κ2) is 10.1. The van der Waals surface area contributed by atoms with E-state index >= 15 is 0 Å². The summed E-state index contributed by atoms with van der Waals surface area (Å²) in [6.45, 7) is 2.01. The molecule has 0 aromatic carbocycles. The summed E-state index contributed by atoms with van der Waals surface area (Å²) < 4.78 is 24.2. The van der Waals surface area contributed by atoms with E-state index < -0.39 is 17.0 Å². The van der Waals surface area contributed by atoms with E-state index in [4.69, 9.17) is 18.1 Å². The monoisotopic (exact) mass is 196 g/mol. The predicted molar refractivity (Wildman–Crippen MR) is 44.6 cm³/mol. The van der Waals surface area contributed by atoms with Crippen LogP contribution in [0.15, 0.2) is 12.2 Å². The van der Waals surface area contributed by atoms with Gasteiger partial charge in [-0.25, -0.2) is 13.2 Å². The highest BCUT2D eigenvalue weighted by atomic mass is 32.2. The lowest BCUT2D eigenvalue weighted by Crippen LogP contribution is -1.84. The number of allylic oxidation sites excluding steroid dienone is 1. The number of carboxylic acid groups (broad SMARTS) is 1. The summed E-state index contributed by atoms with van der Waals surface area (Å²) in [4.78, 5) is 9.79. The SMILES string of the molecule is CCCC=CC(=O)O.O=[SH](=O)O. The lowest BCUT2D eigenvalue weighted by atomic mass is 10.3. The molecule has 0 radical (unpaired) electrons. The third-order valence-electron chi connectivity index (χ3n) is 0.716. The third-order valence-corrected chi connectivity index (χ3v) is 0.716. The van der Waals surface area contributed by atoms with Gasteiger partial charge in [0.05, 0.1) is 0 Å². The van der Waals surface area contributed by atoms with Crippen molar-refractivity contribution >= 4 is 17.0 Å². The molecule has 0 fully saturated rings. The molecule has 0 bridgehead atoms. The van der Waals surface area contributed by atoms with Gasteiger partial charge in [-0.15, -0.1) is 0 Å². The van der Waals surface area contributed by atoms with Gasteiger partial charge in [-0.1, -0.05) is 19.4 Å². The van der Waals surface area contributed by atoms with Crippen LogP contribution in [-0.4, -0.2) is 24.0 Å². The Labute approximate surface area is 72.5 Å². The number of rotatable bonds is 3. The molecule has 2 N–H and O–H groups in total. The van der Waals surface area contributed by atoms with Crippen molar-refractivity contribution in [2.45, 2.75) is 19.8 Å². The number of hydrogen-bond acceptors (Lipinski definition) is 3. The molecular weight excluding hydrogens is 184 g/mol. The van der Waals surface area contributed by atoms with E-state index in [0.717, 1.165) is 12.8 Å². The number of unbranched alkanes of at least 4 members (excludes halogenated alkanes) is 1. The first-order chi connectivity index (χ1) is 5.50. The molecule has 0 saturated heterocycles. The van der Waals surface area contributed by atoms with E-state index in [2.05, 4.69) is 0 Å². The van der Waals surface area contributed by atoms with E-state index in [1.54, 1.807) is 6.08 Å². The standard InChI is InChI=1S/C6H10O2.H2O3S/c1-2-3-4-5-6(7)8;1-4(2)3/h4-5H,2-3H2,1H3,(H,7,8);4H,(H,1,2,3). The molecule has 0 heterocycles. The highest BCUT2D eigenvalue weighted by Crippen LogP contribution is 1.86. The summed E-state index contributed by atoms with van der Waals surface area (Å²) in [6.07, 6.45) is 4.68. The maximum Gasteiger partial charge on any atom is 0.327 e. The van der Waals surface area contributed by atoms with Crippen LogP contribution < -0.4 is 0 Å². The lowest BCUT2D eigenvalue weighted by Gasteiger charge is -1.79. The minimum absolute atomic E-state index is 0.853. The van der Waals surface area contributed by atoms with Gasteiger partial charge in [0, 0.05) is 6.08 Å². The first kappa shape index (κ1) is 13.7. The van der Waals surface area contributed by atoms with Crippen LogP contribution in [0.5, 0.6) is 0 Å². The van der Waals surface area contributed by atoms with Crippen molar-refractivity contribution in [2.75, 3.05) is 0 Å². The fourth-order valence-electron chi connectivity index (χ4n) is 0.351. The lowest BCUT2D eigenvalue weighted by molar-refractivity contribution is -0.131. The fraction of sp³-hybridized carbons (Fsp3) is 0.500. The number of carboxylic acids is 1. The van der Waals surface area contributed by atoms with Crippen molar-refractivity contribution in [1.82, 2.24) is 0 Å². The Morgan fingerprint density at radius 2 is 1.92 bits per heavy atom. The van der Waals surface area contributed by atoms with Crippen LogP contribution in [0.4, 0.5) is 0 Å². The first-order valence-corrected chi connectivity index (χ1v) is 4.36. The molecule has 0 spiro atoms. The number of thiol groups is 1. The summed E-state index contributed by atoms with van der Waals surface area (Å²) in [5, 5.41) is 8.05. The summed E-state index contributed by atoms with van der Waals surface area (Å²) in [5.41, 5.74) is 0. The van der Waals surface area contributed by atoms with Gasteiger partial charge < -0.3 is 5.11 Å². The smallest absolute Gasteiger partial charge is 0.327 e. The number of carbonyl (C=O) groups is 1. The zero-order valence-electron chi connectivity index (χ0n) is 6.64. The molecule has 0 aromatic heterocycles. The van der Waals surface area contributed by atoms with Crippen LogP contribution in [0.1, 0.15) is 19.8 Å². The number of hydrogen-bond donors (Lipinski definition) is 3. The molecule has 0 saturated carbocycles. The summed E-state index contributed by atoms with van der Waals surface area (Å²) in [5.74, 6) is -0.863. The fourth-order valence-corrected chi connectivity index (χ4v) is 0.351. The molecule has 72 valence electrons. The molecule has 0 rings (SSSR count). The molecule has 0 unspecified atom stereocenters. The van der Waals surface area contributed by atoms with E-state index in [1.165, 1.54) is 6.08 Å². The van der Waals surface area contributed by atoms with Gasteiger partial charge in [-0.2, -0.15) is 0 Å². The number of aliphatic carboxylic acids is 1. The van der Waals surface area contributed by atoms with Gasteiger partial charge in [0.2, 0.25) is 0 Å². The second-order valence-corrected chi connectivity index (χ2v) is 2.24. The molecule has 5 nitrogen and oxygen atoms in total. The minimum Gasteiger partial charge on any atom is -0.478 e. The largest absolute Gasteiger partial charge is 0.478 e. The Bertz CT molecular complexity index is 198. The van der Waals surface area contributed by atoms with Crippen molar-refractivity contribution in [1.29, 1.82) is 0 Å². The van der Waals surface area contributed by atoms with Gasteiger partial charge in [0.25, 0.3) is 11.0 Å². The molecule has 0 atom stereocenters. The van der Waals surface area contributed by atoms with Gasteiger partial charge in [0.15, 0.2) is 0 Å². The third kappa shape index (κ3) is 35.4. The van der Waals surface area contributed by atoms with Crippen LogP contribution >= 0.6 is 0 Å². The van der Waals surface area contributed by atoms with E-state index in [0.29, 0.717) is 0 Å². The van der Waals surface area contributed by atoms with Crippen molar-refractivity contribution in [2.24, 2.45) is 0 Å². The zero-order valence-corrected chi connectivity index (χ0v) is 7.53. The molecular formula is C6H12O5S. The normalized spacial score (nSPS) is 9.58. The molecule has 0 aliphatic heterocycles. The Morgan fingerprint density at radius 3 is 2.17 bits per heavy atom. The van der Waals surface area contributed by atoms with Crippen LogP contribution in [0, 0.1) is 0 Å². The Kier molecular flexibility index (Phi) is 11.5. The second-order valence-electron chi connectivity index (χ2n) is 1.77. The Balaban J connectivity index is 0. The summed E-state index contributed by atoms with van der Waals surface area (Å²) in [6, 6.07) is 0. The van der Waals surface area contributed by atoms with Crippen molar-refractivity contribution in [3.8, 4) is 0 Å². The minimum atomic E-state index is -3.12. The van der Waals surface area contributed by atoms with Gasteiger partial charge >= 0.3 is 5.97 Å². The highest BCUT2D eigenvalue weighted by Gasteiger charge is 1.81. The Morgan fingerprint density at radius 1 is 1.50 bits per heavy atom. The average Bonchev–Trinajstić information content (AvgIpc) is 1.86. The van der Waals surface area contributed by atoms with Crippen molar-refractivity contribution in [3.05, 3.63) is 12.2 Å². The molecule has 6 heteroatoms. The van der Waals surface area contributed by atoms with Gasteiger partial charge in [0.1, 0.15) is 0 Å². The average molecular weight is 196 g/mol. The topological polar surface area (TPSA) is 91.7 Å². The maximum atomic E-state index is 9.79. The first-order valence-electron chi connectivity index (χ1n) is 3.23. The molecule has 12 heavy (non-hydrogen) atoms. The van der Waals surface area contributed by atoms with Crippen LogP contribution in [-0.2, 0) is 15.8 Å². The van der Waals surface area contributed by atoms with Crippen LogP contribution in [0.2, 0.25) is 0 Å². The maximum absolute atomic E-state index is 9.79. The van der Waals surface area contributed by atoms with Crippen molar-refractivity contribution < 1.29 is 22.9 Å². The molecule has 0 aliphatic rings. The van der Waals surface area contributed by atoms with E-state index in [-0.39, 0.29) is 0 Å². The van der Waals surface area contributed by atoms with E-state index in [9.17, 15) is 4.79 Å². The highest BCUT2D eigenvalue weighted by molar-refractivity contribution is 7.66. The zero-order chi connectivity index (χ0) is 9.98. The molecule has 0 amide bonds. The Hall–Kier alpha value is -0.880. The quantitative estimate of drug-likeness (QED) is 0.347. The molecule has 0 aliphatic carbocycles. The summed E-state index contributed by atoms with van der Waals surface area (Å²) in [7, 11) is -3.12. The predicted octanol–water partition coefficient (Wildman–Crippen LogP) is 0.498. The summed E-state index contributed by atoms with van der Waals surface area (Å²) >= 11 is 0. The van der Waals surface area contributed by atoms with Crippen molar-refractivity contribution in [3.63, 3.8) is 0 Å². The van der Waals surface area contributed by atoms with Gasteiger partial charge in [-0.3, -0.25) is 4.55 Å². The van der Waals surface area contributed by atoms with Crippen LogP contribution in [0.3, 0.4) is 0 Å². The van der Waals surface area contributed by atoms with Gasteiger partial charge in [-0.05, 0) is 6.42 Å². The van der Waals surface area contributed by atoms with E-state index in [1.807, 2.05) is 6.92 Å². The molecule has 0 aromatic rings.